The molecular weight excluding hydrogens is 220 g/mol. The van der Waals surface area contributed by atoms with Crippen molar-refractivity contribution >= 4 is 6.09 Å². The molecule has 0 aromatic rings. The molecule has 1 aliphatic heterocycles. The molecule has 1 amide bonds. The minimum Gasteiger partial charge on any atom is -0.444 e. The number of hydrogen-bond acceptors (Lipinski definition) is 3. The van der Waals surface area contributed by atoms with Crippen molar-refractivity contribution in [1.82, 2.24) is 5.32 Å². The van der Waals surface area contributed by atoms with E-state index in [1.165, 1.54) is 0 Å². The number of nitrogens with zero attached hydrogens (tertiary/aromatic N) is 3. The predicted molar refractivity (Wildman–Crippen MR) is 64.4 cm³/mol. The zero-order valence-electron chi connectivity index (χ0n) is 10.8. The highest BCUT2D eigenvalue weighted by molar-refractivity contribution is 5.70. The van der Waals surface area contributed by atoms with E-state index in [1.807, 2.05) is 27.7 Å². The summed E-state index contributed by atoms with van der Waals surface area (Å²) in [5.41, 5.74) is 8.52. The van der Waals surface area contributed by atoms with Crippen molar-refractivity contribution in [2.75, 3.05) is 0 Å². The van der Waals surface area contributed by atoms with Gasteiger partial charge in [0.15, 0.2) is 0 Å². The minimum atomic E-state index is -0.378. The maximum absolute atomic E-state index is 11.2. The Labute approximate surface area is 101 Å². The Morgan fingerprint density at radius 3 is 2.59 bits per heavy atom. The molecule has 96 valence electrons. The molecule has 3 atom stereocenters. The summed E-state index contributed by atoms with van der Waals surface area (Å²) >= 11 is 0. The van der Waals surface area contributed by atoms with Gasteiger partial charge in [0, 0.05) is 11.0 Å². The maximum atomic E-state index is 11.2. The number of carbonyl (C=O) groups excluding carboxylic acids is 1. The largest absolute Gasteiger partial charge is 0.444 e. The fourth-order valence-corrected chi connectivity index (χ4v) is 2.02. The van der Waals surface area contributed by atoms with E-state index in [9.17, 15) is 4.79 Å². The van der Waals surface area contributed by atoms with E-state index in [0.29, 0.717) is 12.3 Å². The first-order valence-electron chi connectivity index (χ1n) is 5.97. The average Bonchev–Trinajstić information content (AvgIpc) is 2.59. The lowest BCUT2D eigenvalue weighted by atomic mass is 9.91. The number of ether oxygens (including phenoxy) is 1. The van der Waals surface area contributed by atoms with Gasteiger partial charge in [-0.15, -0.1) is 0 Å². The van der Waals surface area contributed by atoms with Crippen LogP contribution in [0.15, 0.2) is 5.11 Å². The van der Waals surface area contributed by atoms with Crippen LogP contribution in [0, 0.1) is 11.8 Å². The van der Waals surface area contributed by atoms with Gasteiger partial charge < -0.3 is 10.1 Å². The van der Waals surface area contributed by atoms with Crippen molar-refractivity contribution in [2.45, 2.75) is 52.3 Å². The third-order valence-corrected chi connectivity index (χ3v) is 3.11. The number of carbonyl (C=O) groups is 1. The lowest BCUT2D eigenvalue weighted by molar-refractivity contribution is 0.110. The molecular formula is C11H20N4O2. The highest BCUT2D eigenvalue weighted by atomic mass is 16.6. The topological polar surface area (TPSA) is 87.1 Å². The first-order chi connectivity index (χ1) is 7.95. The molecule has 6 heteroatoms. The van der Waals surface area contributed by atoms with Crippen LogP contribution in [0.3, 0.4) is 0 Å². The van der Waals surface area contributed by atoms with Gasteiger partial charge in [0.2, 0.25) is 0 Å². The van der Waals surface area contributed by atoms with Gasteiger partial charge in [-0.1, -0.05) is 32.8 Å². The Kier molecular flexibility index (Phi) is 4.63. The number of alkyl carbamates (subject to hydrolysis) is 1. The second-order valence-electron chi connectivity index (χ2n) is 5.11. The molecule has 1 fully saturated rings. The summed E-state index contributed by atoms with van der Waals surface area (Å²) in [5.74, 6) is 0.531. The predicted octanol–water partition coefficient (Wildman–Crippen LogP) is 2.84. The van der Waals surface area contributed by atoms with E-state index >= 15 is 0 Å². The fraction of sp³-hybridized carbons (Fsp3) is 0.909. The van der Waals surface area contributed by atoms with Crippen LogP contribution in [-0.2, 0) is 4.74 Å². The summed E-state index contributed by atoms with van der Waals surface area (Å²) in [7, 11) is 0. The molecule has 0 saturated carbocycles. The van der Waals surface area contributed by atoms with Gasteiger partial charge in [-0.3, -0.25) is 0 Å². The van der Waals surface area contributed by atoms with E-state index in [0.717, 1.165) is 0 Å². The zero-order valence-corrected chi connectivity index (χ0v) is 10.8. The fourth-order valence-electron chi connectivity index (χ4n) is 2.02. The normalized spacial score (nSPS) is 25.4. The van der Waals surface area contributed by atoms with Crippen molar-refractivity contribution in [3.05, 3.63) is 10.4 Å². The van der Waals surface area contributed by atoms with Crippen molar-refractivity contribution in [3.8, 4) is 0 Å². The quantitative estimate of drug-likeness (QED) is 0.455. The van der Waals surface area contributed by atoms with E-state index in [4.69, 9.17) is 10.3 Å². The van der Waals surface area contributed by atoms with Crippen LogP contribution >= 0.6 is 0 Å². The Hall–Kier alpha value is -1.42. The van der Waals surface area contributed by atoms with E-state index < -0.39 is 0 Å². The SMILES string of the molecule is CC(C)[C@@H](C[C@H]1OC(=O)N[C@H]1C(C)C)N=[N+]=[N-]. The molecule has 1 N–H and O–H groups in total. The molecule has 0 aromatic carbocycles. The van der Waals surface area contributed by atoms with Crippen LogP contribution in [0.1, 0.15) is 34.1 Å². The monoisotopic (exact) mass is 240 g/mol. The van der Waals surface area contributed by atoms with Crippen molar-refractivity contribution in [1.29, 1.82) is 0 Å². The summed E-state index contributed by atoms with van der Waals surface area (Å²) in [6, 6.07) is -0.142. The van der Waals surface area contributed by atoms with Crippen LogP contribution in [-0.4, -0.2) is 24.3 Å². The Morgan fingerprint density at radius 1 is 1.47 bits per heavy atom. The van der Waals surface area contributed by atoms with Crippen molar-refractivity contribution in [2.24, 2.45) is 17.0 Å². The summed E-state index contributed by atoms with van der Waals surface area (Å²) in [6.45, 7) is 8.05. The number of hydrogen-bond donors (Lipinski definition) is 1. The van der Waals surface area contributed by atoms with Gasteiger partial charge in [0.1, 0.15) is 6.10 Å². The molecule has 0 spiro atoms. The average molecular weight is 240 g/mol. The number of rotatable bonds is 5. The first kappa shape index (κ1) is 13.6. The number of nitrogens with one attached hydrogen (secondary N) is 1. The molecule has 1 aliphatic rings. The third-order valence-electron chi connectivity index (χ3n) is 3.11. The van der Waals surface area contributed by atoms with Crippen LogP contribution in [0.4, 0.5) is 4.79 Å². The summed E-state index contributed by atoms with van der Waals surface area (Å²) < 4.78 is 5.23. The van der Waals surface area contributed by atoms with Gasteiger partial charge in [0.25, 0.3) is 0 Å². The number of azide groups is 1. The number of cyclic esters (lactones) is 1. The van der Waals surface area contributed by atoms with Gasteiger partial charge in [-0.05, 0) is 23.8 Å². The first-order valence-corrected chi connectivity index (χ1v) is 5.97. The van der Waals surface area contributed by atoms with Gasteiger partial charge >= 0.3 is 6.09 Å². The van der Waals surface area contributed by atoms with Crippen LogP contribution in [0.25, 0.3) is 10.4 Å². The molecule has 1 saturated heterocycles. The molecule has 0 aliphatic carbocycles. The molecule has 0 bridgehead atoms. The number of amides is 1. The Morgan fingerprint density at radius 2 is 2.12 bits per heavy atom. The van der Waals surface area contributed by atoms with E-state index in [2.05, 4.69) is 15.3 Å². The molecule has 0 unspecified atom stereocenters. The van der Waals surface area contributed by atoms with Crippen LogP contribution in [0.5, 0.6) is 0 Å². The lowest BCUT2D eigenvalue weighted by Crippen LogP contribution is -2.38. The maximum Gasteiger partial charge on any atom is 0.407 e. The van der Waals surface area contributed by atoms with Gasteiger partial charge in [-0.2, -0.15) is 0 Å². The van der Waals surface area contributed by atoms with E-state index in [-0.39, 0.29) is 30.2 Å². The molecule has 17 heavy (non-hydrogen) atoms. The second kappa shape index (κ2) is 5.77. The van der Waals surface area contributed by atoms with Crippen LogP contribution < -0.4 is 5.32 Å². The standard InChI is InChI=1S/C11H20N4O2/c1-6(2)8(14-15-12)5-9-10(7(3)4)13-11(16)17-9/h6-10H,5H2,1-4H3,(H,13,16)/t8-,9-,10+/m1/s1. The minimum absolute atomic E-state index is 0.00218. The third kappa shape index (κ3) is 3.53. The van der Waals surface area contributed by atoms with Gasteiger partial charge in [-0.25, -0.2) is 4.79 Å². The Balaban J connectivity index is 2.70. The molecule has 1 rings (SSSR count). The lowest BCUT2D eigenvalue weighted by Gasteiger charge is -2.24. The van der Waals surface area contributed by atoms with Crippen LogP contribution in [0.2, 0.25) is 0 Å². The van der Waals surface area contributed by atoms with E-state index in [1.54, 1.807) is 0 Å². The van der Waals surface area contributed by atoms with Crippen molar-refractivity contribution in [3.63, 3.8) is 0 Å². The molecule has 6 nitrogen and oxygen atoms in total. The van der Waals surface area contributed by atoms with Gasteiger partial charge in [0.05, 0.1) is 6.04 Å². The molecule has 0 aromatic heterocycles. The summed E-state index contributed by atoms with van der Waals surface area (Å²) in [4.78, 5) is 14.1. The highest BCUT2D eigenvalue weighted by Gasteiger charge is 2.37. The zero-order chi connectivity index (χ0) is 13.0. The highest BCUT2D eigenvalue weighted by Crippen LogP contribution is 2.24. The molecule has 1 heterocycles. The second-order valence-corrected chi connectivity index (χ2v) is 5.11. The Bertz CT molecular complexity index is 323. The summed E-state index contributed by atoms with van der Waals surface area (Å²) in [5, 5.41) is 6.56. The summed E-state index contributed by atoms with van der Waals surface area (Å²) in [6.07, 6.45) is -0.0129. The molecule has 0 radical (unpaired) electrons. The smallest absolute Gasteiger partial charge is 0.407 e. The van der Waals surface area contributed by atoms with Crippen molar-refractivity contribution < 1.29 is 9.53 Å².